The van der Waals surface area contributed by atoms with Crippen molar-refractivity contribution in [3.8, 4) is 0 Å². The molecular formula is C27H34O7. The summed E-state index contributed by atoms with van der Waals surface area (Å²) >= 11 is 0. The van der Waals surface area contributed by atoms with E-state index >= 15 is 0 Å². The molecule has 2 saturated heterocycles. The first-order chi connectivity index (χ1) is 15.9. The van der Waals surface area contributed by atoms with Gasteiger partial charge in [-0.25, -0.2) is 0 Å². The molecule has 184 valence electrons. The van der Waals surface area contributed by atoms with Crippen LogP contribution in [0.1, 0.15) is 71.5 Å². The van der Waals surface area contributed by atoms with Crippen molar-refractivity contribution in [3.63, 3.8) is 0 Å². The van der Waals surface area contributed by atoms with Gasteiger partial charge in [0.15, 0.2) is 0 Å². The highest BCUT2D eigenvalue weighted by atomic mass is 16.6. The number of ether oxygens (including phenoxy) is 3. The standard InChI is InChI=1S/C27H34O7/c1-15-17-7-9-25(4)23(16-8-10-32-14-16)33-22(30)13-27(15,25)34-20-12-19(28)24(2,3)18(26(17,20)5)11-21(29)31-6/h8,10,14,17-18,20,23H,1,7,9,11-13H2,2-6H3/t17-,18?,20-,23-,25-,26+,27-/m0/s1. The van der Waals surface area contributed by atoms with Crippen LogP contribution in [0.3, 0.4) is 0 Å². The van der Waals surface area contributed by atoms with Gasteiger partial charge in [0.2, 0.25) is 0 Å². The molecule has 2 saturated carbocycles. The fourth-order valence-corrected chi connectivity index (χ4v) is 7.88. The number of furan rings is 1. The molecule has 2 bridgehead atoms. The van der Waals surface area contributed by atoms with Gasteiger partial charge in [0.1, 0.15) is 17.5 Å². The van der Waals surface area contributed by atoms with Crippen LogP contribution in [0.15, 0.2) is 35.2 Å². The maximum Gasteiger partial charge on any atom is 0.309 e. The first kappa shape index (κ1) is 23.3. The maximum atomic E-state index is 13.4. The van der Waals surface area contributed by atoms with E-state index in [4.69, 9.17) is 18.6 Å². The second-order valence-electron chi connectivity index (χ2n) is 11.6. The molecular weight excluding hydrogens is 436 g/mol. The van der Waals surface area contributed by atoms with Crippen molar-refractivity contribution in [1.82, 2.24) is 0 Å². The van der Waals surface area contributed by atoms with Crippen molar-refractivity contribution < 1.29 is 33.0 Å². The fraction of sp³-hybridized carbons (Fsp3) is 0.667. The Morgan fingerprint density at radius 1 is 1.24 bits per heavy atom. The summed E-state index contributed by atoms with van der Waals surface area (Å²) in [6.07, 6.45) is 4.23. The number of ketones is 1. The topological polar surface area (TPSA) is 92.0 Å². The van der Waals surface area contributed by atoms with Gasteiger partial charge in [-0.15, -0.1) is 0 Å². The van der Waals surface area contributed by atoms with Crippen LogP contribution in [0.4, 0.5) is 0 Å². The molecule has 1 spiro atoms. The van der Waals surface area contributed by atoms with Gasteiger partial charge in [-0.1, -0.05) is 34.3 Å². The zero-order valence-corrected chi connectivity index (χ0v) is 20.6. The first-order valence-electron chi connectivity index (χ1n) is 12.1. The van der Waals surface area contributed by atoms with Gasteiger partial charge in [0.25, 0.3) is 0 Å². The Balaban J connectivity index is 1.63. The number of carbonyl (C=O) groups is 3. The summed E-state index contributed by atoms with van der Waals surface area (Å²) < 4.78 is 23.2. The smallest absolute Gasteiger partial charge is 0.309 e. The van der Waals surface area contributed by atoms with E-state index in [0.29, 0.717) is 0 Å². The lowest BCUT2D eigenvalue weighted by molar-refractivity contribution is -0.298. The van der Waals surface area contributed by atoms with E-state index in [2.05, 4.69) is 20.4 Å². The zero-order chi connectivity index (χ0) is 24.7. The molecule has 1 aromatic heterocycles. The van der Waals surface area contributed by atoms with Gasteiger partial charge in [-0.3, -0.25) is 14.4 Å². The van der Waals surface area contributed by atoms with E-state index in [9.17, 15) is 14.4 Å². The third kappa shape index (κ3) is 2.76. The van der Waals surface area contributed by atoms with Gasteiger partial charge in [-0.2, -0.15) is 0 Å². The summed E-state index contributed by atoms with van der Waals surface area (Å²) in [6.45, 7) is 12.6. The molecule has 0 N–H and O–H groups in total. The number of hydrogen-bond acceptors (Lipinski definition) is 7. The van der Waals surface area contributed by atoms with E-state index in [1.54, 1.807) is 12.5 Å². The first-order valence-corrected chi connectivity index (χ1v) is 12.1. The molecule has 7 atom stereocenters. The maximum absolute atomic E-state index is 13.4. The van der Waals surface area contributed by atoms with Gasteiger partial charge in [0, 0.05) is 34.7 Å². The molecule has 5 rings (SSSR count). The zero-order valence-electron chi connectivity index (χ0n) is 20.6. The Bertz CT molecular complexity index is 1060. The quantitative estimate of drug-likeness (QED) is 0.472. The number of rotatable bonds is 3. The lowest BCUT2D eigenvalue weighted by atomic mass is 9.41. The molecule has 2 aliphatic heterocycles. The van der Waals surface area contributed by atoms with Crippen molar-refractivity contribution in [2.45, 2.75) is 77.6 Å². The van der Waals surface area contributed by atoms with E-state index in [0.717, 1.165) is 24.0 Å². The largest absolute Gasteiger partial charge is 0.472 e. The number of methoxy groups -OCH3 is 1. The van der Waals surface area contributed by atoms with Crippen LogP contribution in [0, 0.1) is 28.1 Å². The van der Waals surface area contributed by atoms with Crippen LogP contribution in [0.5, 0.6) is 0 Å². The highest BCUT2D eigenvalue weighted by Gasteiger charge is 2.73. The summed E-state index contributed by atoms with van der Waals surface area (Å²) in [5.41, 5.74) is -1.05. The molecule has 7 nitrogen and oxygen atoms in total. The minimum atomic E-state index is -0.949. The number of fused-ring (bicyclic) bond motifs is 3. The Kier molecular flexibility index (Phi) is 5.01. The predicted octanol–water partition coefficient (Wildman–Crippen LogP) is 4.56. The molecule has 0 aromatic carbocycles. The van der Waals surface area contributed by atoms with E-state index in [-0.39, 0.29) is 48.8 Å². The molecule has 34 heavy (non-hydrogen) atoms. The Labute approximate surface area is 200 Å². The van der Waals surface area contributed by atoms with Crippen LogP contribution in [-0.2, 0) is 28.6 Å². The average Bonchev–Trinajstić information content (AvgIpc) is 3.30. The van der Waals surface area contributed by atoms with Crippen LogP contribution in [0.2, 0.25) is 0 Å². The lowest BCUT2D eigenvalue weighted by Gasteiger charge is -2.70. The molecule has 1 unspecified atom stereocenters. The van der Waals surface area contributed by atoms with Crippen LogP contribution in [-0.4, -0.2) is 36.5 Å². The number of carbonyl (C=O) groups excluding carboxylic acids is 3. The summed E-state index contributed by atoms with van der Waals surface area (Å²) in [5, 5.41) is 0. The number of esters is 2. The molecule has 0 amide bonds. The monoisotopic (exact) mass is 470 g/mol. The second-order valence-corrected chi connectivity index (χ2v) is 11.6. The van der Waals surface area contributed by atoms with Gasteiger partial charge in [-0.05, 0) is 36.3 Å². The summed E-state index contributed by atoms with van der Waals surface area (Å²) in [7, 11) is 1.38. The molecule has 2 aliphatic carbocycles. The van der Waals surface area contributed by atoms with Crippen molar-refractivity contribution >= 4 is 17.7 Å². The van der Waals surface area contributed by atoms with Crippen molar-refractivity contribution in [2.75, 3.05) is 7.11 Å². The number of hydrogen-bond donors (Lipinski definition) is 0. The van der Waals surface area contributed by atoms with Crippen LogP contribution in [0.25, 0.3) is 0 Å². The third-order valence-electron chi connectivity index (χ3n) is 9.98. The summed E-state index contributed by atoms with van der Waals surface area (Å²) in [6, 6.07) is 1.82. The third-order valence-corrected chi connectivity index (χ3v) is 9.98. The van der Waals surface area contributed by atoms with E-state index in [1.165, 1.54) is 7.11 Å². The van der Waals surface area contributed by atoms with Gasteiger partial charge < -0.3 is 18.6 Å². The Morgan fingerprint density at radius 2 is 1.97 bits per heavy atom. The molecule has 4 fully saturated rings. The lowest BCUT2D eigenvalue weighted by Crippen LogP contribution is -2.72. The van der Waals surface area contributed by atoms with Gasteiger partial charge >= 0.3 is 11.9 Å². The van der Waals surface area contributed by atoms with Crippen LogP contribution >= 0.6 is 0 Å². The Hall–Kier alpha value is -2.41. The van der Waals surface area contributed by atoms with Gasteiger partial charge in [0.05, 0.1) is 32.2 Å². The number of cyclic esters (lactones) is 1. The van der Waals surface area contributed by atoms with Crippen molar-refractivity contribution in [2.24, 2.45) is 28.1 Å². The SMILES string of the molecule is C=C1[C@@H]2CC[C@@]3(C)[C@H](c4ccoc4)OC(=O)C[C@]13O[C@H]1CC(=O)C(C)(C)C(CC(=O)OC)[C@]12C. The van der Waals surface area contributed by atoms with E-state index in [1.807, 2.05) is 19.9 Å². The minimum Gasteiger partial charge on any atom is -0.472 e. The van der Waals surface area contributed by atoms with Crippen molar-refractivity contribution in [1.29, 1.82) is 0 Å². The minimum absolute atomic E-state index is 0.00254. The van der Waals surface area contributed by atoms with Crippen molar-refractivity contribution in [3.05, 3.63) is 36.3 Å². The fourth-order valence-electron chi connectivity index (χ4n) is 7.88. The molecule has 4 aliphatic rings. The summed E-state index contributed by atoms with van der Waals surface area (Å²) in [4.78, 5) is 38.8. The molecule has 3 heterocycles. The molecule has 7 heteroatoms. The predicted molar refractivity (Wildman–Crippen MR) is 121 cm³/mol. The molecule has 1 aromatic rings. The highest BCUT2D eigenvalue weighted by Crippen LogP contribution is 2.71. The highest BCUT2D eigenvalue weighted by molar-refractivity contribution is 5.87. The van der Waals surface area contributed by atoms with E-state index < -0.39 is 34.1 Å². The number of Topliss-reactive ketones (excluding diaryl/α,β-unsaturated/α-hetero) is 1. The average molecular weight is 471 g/mol. The summed E-state index contributed by atoms with van der Waals surface area (Å²) in [5.74, 6) is -0.889. The Morgan fingerprint density at radius 3 is 2.62 bits per heavy atom. The normalized spacial score (nSPS) is 42.9. The van der Waals surface area contributed by atoms with Crippen LogP contribution < -0.4 is 0 Å². The second kappa shape index (κ2) is 7.30. The molecule has 0 radical (unpaired) electrons.